The average Bonchev–Trinajstić information content (AvgIpc) is 3.48. The highest BCUT2D eigenvalue weighted by Gasteiger charge is 2.36. The minimum absolute atomic E-state index is 0.0863. The molecule has 0 aliphatic carbocycles. The molecule has 2 aliphatic heterocycles. The third-order valence-electron chi connectivity index (χ3n) is 5.17. The Hall–Kier alpha value is -3.62. The summed E-state index contributed by atoms with van der Waals surface area (Å²) in [7, 11) is 3.13. The standard InChI is InChI=1S/C20H19N3O6/c1-25-15-6-13(17(26-2)19-18(15)28-10-29-19)12-7-16(24)22-20-14(12)8-21-23(20)9-11-4-3-5-27-11/h3-6,8,12H,7,9-10H2,1-2H3,(H,22,24)/t12-/m1/s1. The van der Waals surface area contributed by atoms with Gasteiger partial charge in [-0.05, 0) is 18.2 Å². The van der Waals surface area contributed by atoms with Gasteiger partial charge in [-0.2, -0.15) is 5.10 Å². The van der Waals surface area contributed by atoms with Crippen molar-refractivity contribution < 1.29 is 28.2 Å². The van der Waals surface area contributed by atoms with Crippen LogP contribution in [0.15, 0.2) is 35.1 Å². The summed E-state index contributed by atoms with van der Waals surface area (Å²) in [6.07, 6.45) is 3.62. The fraction of sp³-hybridized carbons (Fsp3) is 0.300. The number of aromatic nitrogens is 2. The predicted molar refractivity (Wildman–Crippen MR) is 101 cm³/mol. The van der Waals surface area contributed by atoms with Crippen molar-refractivity contribution in [3.05, 3.63) is 47.5 Å². The molecule has 4 heterocycles. The molecule has 9 nitrogen and oxygen atoms in total. The third-order valence-corrected chi connectivity index (χ3v) is 5.17. The molecule has 0 bridgehead atoms. The van der Waals surface area contributed by atoms with Crippen molar-refractivity contribution in [3.8, 4) is 23.0 Å². The van der Waals surface area contributed by atoms with Crippen LogP contribution in [0.25, 0.3) is 0 Å². The Labute approximate surface area is 166 Å². The van der Waals surface area contributed by atoms with Gasteiger partial charge in [0.1, 0.15) is 18.1 Å². The zero-order chi connectivity index (χ0) is 20.0. The molecule has 9 heteroatoms. The molecular weight excluding hydrogens is 378 g/mol. The number of ether oxygens (including phenoxy) is 4. The molecule has 0 saturated heterocycles. The van der Waals surface area contributed by atoms with Crippen molar-refractivity contribution in [1.82, 2.24) is 9.78 Å². The Morgan fingerprint density at radius 1 is 1.24 bits per heavy atom. The van der Waals surface area contributed by atoms with E-state index in [4.69, 9.17) is 23.4 Å². The van der Waals surface area contributed by atoms with Crippen molar-refractivity contribution in [2.75, 3.05) is 26.3 Å². The molecule has 0 radical (unpaired) electrons. The molecule has 0 saturated carbocycles. The predicted octanol–water partition coefficient (Wildman–Crippen LogP) is 2.74. The summed E-state index contributed by atoms with van der Waals surface area (Å²) in [5.74, 6) is 3.05. The maximum Gasteiger partial charge on any atom is 0.231 e. The van der Waals surface area contributed by atoms with E-state index >= 15 is 0 Å². The van der Waals surface area contributed by atoms with Crippen LogP contribution in [0.2, 0.25) is 0 Å². The van der Waals surface area contributed by atoms with E-state index in [0.29, 0.717) is 35.4 Å². The summed E-state index contributed by atoms with van der Waals surface area (Å²) in [6.45, 7) is 0.500. The summed E-state index contributed by atoms with van der Waals surface area (Å²) >= 11 is 0. The number of rotatable bonds is 5. The fourth-order valence-electron chi connectivity index (χ4n) is 3.87. The molecule has 150 valence electrons. The van der Waals surface area contributed by atoms with E-state index in [9.17, 15) is 4.79 Å². The number of benzene rings is 1. The van der Waals surface area contributed by atoms with Crippen LogP contribution in [0.4, 0.5) is 5.82 Å². The number of fused-ring (bicyclic) bond motifs is 2. The lowest BCUT2D eigenvalue weighted by Gasteiger charge is -2.26. The first-order valence-corrected chi connectivity index (χ1v) is 9.12. The van der Waals surface area contributed by atoms with Gasteiger partial charge in [-0.15, -0.1) is 0 Å². The number of carbonyl (C=O) groups is 1. The van der Waals surface area contributed by atoms with E-state index in [2.05, 4.69) is 10.4 Å². The third kappa shape index (κ3) is 2.77. The number of hydrogen-bond donors (Lipinski definition) is 1. The van der Waals surface area contributed by atoms with Gasteiger partial charge in [0.05, 0.1) is 26.7 Å². The minimum atomic E-state index is -0.276. The van der Waals surface area contributed by atoms with Crippen LogP contribution in [0.1, 0.15) is 29.2 Å². The van der Waals surface area contributed by atoms with Crippen LogP contribution < -0.4 is 24.3 Å². The first-order chi connectivity index (χ1) is 14.2. The van der Waals surface area contributed by atoms with Crippen LogP contribution in [-0.2, 0) is 11.3 Å². The number of anilines is 1. The maximum absolute atomic E-state index is 12.5. The van der Waals surface area contributed by atoms with Crippen LogP contribution in [0.5, 0.6) is 23.0 Å². The molecule has 1 N–H and O–H groups in total. The van der Waals surface area contributed by atoms with Crippen LogP contribution in [-0.4, -0.2) is 36.7 Å². The molecule has 5 rings (SSSR count). The summed E-state index contributed by atoms with van der Waals surface area (Å²) in [5, 5.41) is 7.40. The Morgan fingerprint density at radius 3 is 2.86 bits per heavy atom. The van der Waals surface area contributed by atoms with Gasteiger partial charge in [-0.25, -0.2) is 4.68 Å². The molecule has 1 aromatic carbocycles. The molecule has 1 atom stereocenters. The number of hydrogen-bond acceptors (Lipinski definition) is 7. The highest BCUT2D eigenvalue weighted by molar-refractivity contribution is 5.94. The van der Waals surface area contributed by atoms with Crippen molar-refractivity contribution in [2.45, 2.75) is 18.9 Å². The molecule has 2 aromatic heterocycles. The second kappa shape index (κ2) is 6.77. The molecule has 3 aromatic rings. The van der Waals surface area contributed by atoms with Gasteiger partial charge in [0.2, 0.25) is 24.2 Å². The number of carbonyl (C=O) groups excluding carboxylic acids is 1. The van der Waals surface area contributed by atoms with Gasteiger partial charge in [-0.1, -0.05) is 0 Å². The van der Waals surface area contributed by atoms with Crippen LogP contribution >= 0.6 is 0 Å². The summed E-state index contributed by atoms with van der Waals surface area (Å²) in [5.41, 5.74) is 1.66. The molecular formula is C20H19N3O6. The Morgan fingerprint density at radius 2 is 2.10 bits per heavy atom. The molecule has 0 unspecified atom stereocenters. The first kappa shape index (κ1) is 17.5. The highest BCUT2D eigenvalue weighted by atomic mass is 16.7. The van der Waals surface area contributed by atoms with Gasteiger partial charge < -0.3 is 28.7 Å². The molecule has 1 amide bonds. The van der Waals surface area contributed by atoms with Gasteiger partial charge in [-0.3, -0.25) is 4.79 Å². The van der Waals surface area contributed by atoms with Gasteiger partial charge >= 0.3 is 0 Å². The summed E-state index contributed by atoms with van der Waals surface area (Å²) < 4.78 is 29.4. The van der Waals surface area contributed by atoms with Crippen LogP contribution in [0.3, 0.4) is 0 Å². The summed E-state index contributed by atoms with van der Waals surface area (Å²) in [4.78, 5) is 12.5. The van der Waals surface area contributed by atoms with E-state index in [0.717, 1.165) is 16.9 Å². The lowest BCUT2D eigenvalue weighted by Crippen LogP contribution is -2.25. The molecule has 0 spiro atoms. The first-order valence-electron chi connectivity index (χ1n) is 9.12. The SMILES string of the molecule is COc1cc([C@H]2CC(=O)Nc3c2cnn3Cc2ccco2)c(OC)c2c1OCO2. The van der Waals surface area contributed by atoms with E-state index in [-0.39, 0.29) is 25.0 Å². The van der Waals surface area contributed by atoms with Gasteiger partial charge in [0.15, 0.2) is 11.5 Å². The van der Waals surface area contributed by atoms with Crippen molar-refractivity contribution >= 4 is 11.7 Å². The number of furan rings is 1. The molecule has 29 heavy (non-hydrogen) atoms. The Kier molecular flexibility index (Phi) is 4.08. The average molecular weight is 397 g/mol. The maximum atomic E-state index is 12.5. The van der Waals surface area contributed by atoms with E-state index < -0.39 is 0 Å². The lowest BCUT2D eigenvalue weighted by atomic mass is 9.86. The zero-order valence-electron chi connectivity index (χ0n) is 15.9. The smallest absolute Gasteiger partial charge is 0.231 e. The summed E-state index contributed by atoms with van der Waals surface area (Å²) in [6, 6.07) is 5.52. The second-order valence-electron chi connectivity index (χ2n) is 6.76. The van der Waals surface area contributed by atoms with Gasteiger partial charge in [0, 0.05) is 23.5 Å². The Bertz CT molecular complexity index is 1070. The second-order valence-corrected chi connectivity index (χ2v) is 6.76. The highest BCUT2D eigenvalue weighted by Crippen LogP contribution is 2.53. The quantitative estimate of drug-likeness (QED) is 0.707. The van der Waals surface area contributed by atoms with Crippen molar-refractivity contribution in [2.24, 2.45) is 0 Å². The van der Waals surface area contributed by atoms with Crippen molar-refractivity contribution in [1.29, 1.82) is 0 Å². The monoisotopic (exact) mass is 397 g/mol. The zero-order valence-corrected chi connectivity index (χ0v) is 15.9. The van der Waals surface area contributed by atoms with E-state index in [1.807, 2.05) is 18.2 Å². The normalized spacial score (nSPS) is 17.0. The fourth-order valence-corrected chi connectivity index (χ4v) is 3.87. The largest absolute Gasteiger partial charge is 0.493 e. The topological polar surface area (TPSA) is 97.0 Å². The van der Waals surface area contributed by atoms with Crippen LogP contribution in [0, 0.1) is 0 Å². The van der Waals surface area contributed by atoms with E-state index in [1.165, 1.54) is 0 Å². The Balaban J connectivity index is 1.62. The molecule has 0 fully saturated rings. The van der Waals surface area contributed by atoms with Gasteiger partial charge in [0.25, 0.3) is 0 Å². The number of amides is 1. The number of nitrogens with one attached hydrogen (secondary N) is 1. The van der Waals surface area contributed by atoms with E-state index in [1.54, 1.807) is 31.4 Å². The van der Waals surface area contributed by atoms with Crippen molar-refractivity contribution in [3.63, 3.8) is 0 Å². The number of nitrogens with zero attached hydrogens (tertiary/aromatic N) is 2. The minimum Gasteiger partial charge on any atom is -0.493 e. The number of methoxy groups -OCH3 is 2. The molecule has 2 aliphatic rings. The lowest BCUT2D eigenvalue weighted by molar-refractivity contribution is -0.116.